The van der Waals surface area contributed by atoms with Gasteiger partial charge in [-0.2, -0.15) is 0 Å². The average molecular weight is 282 g/mol. The van der Waals surface area contributed by atoms with E-state index in [2.05, 4.69) is 5.32 Å². The standard InChI is InChI=1S/C15H20ClNO2/c1-11(16)12-6-3-4-7-13(12)17-14(18)10-15(19-2)8-5-9-15/h3-4,6-7,11H,5,8-10H2,1-2H3,(H,17,18). The van der Waals surface area contributed by atoms with Gasteiger partial charge in [0.2, 0.25) is 5.91 Å². The summed E-state index contributed by atoms with van der Waals surface area (Å²) >= 11 is 6.11. The number of carbonyl (C=O) groups is 1. The molecule has 1 aromatic rings. The van der Waals surface area contributed by atoms with Crippen LogP contribution >= 0.6 is 11.6 Å². The number of hydrogen-bond acceptors (Lipinski definition) is 2. The number of benzene rings is 1. The molecule has 104 valence electrons. The first-order valence-electron chi connectivity index (χ1n) is 6.64. The van der Waals surface area contributed by atoms with E-state index >= 15 is 0 Å². The van der Waals surface area contributed by atoms with Crippen molar-refractivity contribution in [2.24, 2.45) is 0 Å². The lowest BCUT2D eigenvalue weighted by Gasteiger charge is -2.39. The van der Waals surface area contributed by atoms with Crippen LogP contribution in [0.1, 0.15) is 43.5 Å². The van der Waals surface area contributed by atoms with Gasteiger partial charge in [0.05, 0.1) is 17.4 Å². The van der Waals surface area contributed by atoms with Crippen LogP contribution in [0.4, 0.5) is 5.69 Å². The summed E-state index contributed by atoms with van der Waals surface area (Å²) < 4.78 is 5.47. The highest BCUT2D eigenvalue weighted by Crippen LogP contribution is 2.38. The van der Waals surface area contributed by atoms with E-state index in [1.807, 2.05) is 31.2 Å². The third-order valence-electron chi connectivity index (χ3n) is 3.84. The van der Waals surface area contributed by atoms with Crippen molar-refractivity contribution in [3.05, 3.63) is 29.8 Å². The molecule has 0 aliphatic heterocycles. The summed E-state index contributed by atoms with van der Waals surface area (Å²) in [6, 6.07) is 7.63. The third-order valence-corrected chi connectivity index (χ3v) is 4.08. The van der Waals surface area contributed by atoms with Gasteiger partial charge in [-0.15, -0.1) is 11.6 Å². The van der Waals surface area contributed by atoms with Gasteiger partial charge in [-0.3, -0.25) is 4.79 Å². The Bertz CT molecular complexity index is 450. The van der Waals surface area contributed by atoms with Crippen LogP contribution in [0.2, 0.25) is 0 Å². The van der Waals surface area contributed by atoms with Crippen molar-refractivity contribution in [3.8, 4) is 0 Å². The molecule has 3 nitrogen and oxygen atoms in total. The van der Waals surface area contributed by atoms with Gasteiger partial charge in [-0.05, 0) is 37.8 Å². The summed E-state index contributed by atoms with van der Waals surface area (Å²) in [6.07, 6.45) is 3.47. The fraction of sp³-hybridized carbons (Fsp3) is 0.533. The Morgan fingerprint density at radius 3 is 2.68 bits per heavy atom. The van der Waals surface area contributed by atoms with Crippen LogP contribution in [-0.2, 0) is 9.53 Å². The van der Waals surface area contributed by atoms with Crippen LogP contribution in [-0.4, -0.2) is 18.6 Å². The number of nitrogens with one attached hydrogen (secondary N) is 1. The van der Waals surface area contributed by atoms with E-state index in [9.17, 15) is 4.79 Å². The maximum absolute atomic E-state index is 12.1. The van der Waals surface area contributed by atoms with E-state index in [-0.39, 0.29) is 16.9 Å². The first-order valence-corrected chi connectivity index (χ1v) is 7.08. The van der Waals surface area contributed by atoms with Gasteiger partial charge in [0, 0.05) is 12.8 Å². The molecule has 2 rings (SSSR count). The maximum Gasteiger partial charge on any atom is 0.227 e. The zero-order chi connectivity index (χ0) is 13.9. The summed E-state index contributed by atoms with van der Waals surface area (Å²) in [6.45, 7) is 1.90. The number of methoxy groups -OCH3 is 1. The predicted octanol–water partition coefficient (Wildman–Crippen LogP) is 3.88. The molecule has 0 radical (unpaired) electrons. The minimum atomic E-state index is -0.244. The summed E-state index contributed by atoms with van der Waals surface area (Å²) in [5.74, 6) is -0.00804. The minimum absolute atomic E-state index is 0.00804. The zero-order valence-corrected chi connectivity index (χ0v) is 12.2. The molecule has 0 bridgehead atoms. The highest BCUT2D eigenvalue weighted by atomic mass is 35.5. The molecule has 0 heterocycles. The Morgan fingerprint density at radius 1 is 1.47 bits per heavy atom. The van der Waals surface area contributed by atoms with Gasteiger partial charge >= 0.3 is 0 Å². The molecule has 0 saturated heterocycles. The van der Waals surface area contributed by atoms with Crippen LogP contribution in [0, 0.1) is 0 Å². The second kappa shape index (κ2) is 5.93. The zero-order valence-electron chi connectivity index (χ0n) is 11.4. The number of halogens is 1. The van der Waals surface area contributed by atoms with E-state index in [1.54, 1.807) is 7.11 Å². The Balaban J connectivity index is 2.03. The molecule has 1 amide bonds. The number of anilines is 1. The molecule has 0 spiro atoms. The number of hydrogen-bond donors (Lipinski definition) is 1. The van der Waals surface area contributed by atoms with Crippen LogP contribution in [0.15, 0.2) is 24.3 Å². The third kappa shape index (κ3) is 3.28. The smallest absolute Gasteiger partial charge is 0.227 e. The van der Waals surface area contributed by atoms with Crippen molar-refractivity contribution < 1.29 is 9.53 Å². The lowest BCUT2D eigenvalue weighted by molar-refractivity contribution is -0.129. The Morgan fingerprint density at radius 2 is 2.16 bits per heavy atom. The number of alkyl halides is 1. The van der Waals surface area contributed by atoms with Gasteiger partial charge in [0.25, 0.3) is 0 Å². The normalized spacial score (nSPS) is 18.5. The van der Waals surface area contributed by atoms with Crippen molar-refractivity contribution in [2.75, 3.05) is 12.4 Å². The van der Waals surface area contributed by atoms with Crippen molar-refractivity contribution >= 4 is 23.2 Å². The lowest BCUT2D eigenvalue weighted by Crippen LogP contribution is -2.42. The van der Waals surface area contributed by atoms with E-state index in [0.717, 1.165) is 30.5 Å². The minimum Gasteiger partial charge on any atom is -0.378 e. The molecule has 1 aromatic carbocycles. The largest absolute Gasteiger partial charge is 0.378 e. The van der Waals surface area contributed by atoms with Gasteiger partial charge in [-0.25, -0.2) is 0 Å². The number of ether oxygens (including phenoxy) is 1. The van der Waals surface area contributed by atoms with Crippen molar-refractivity contribution in [3.63, 3.8) is 0 Å². The molecular weight excluding hydrogens is 262 g/mol. The van der Waals surface area contributed by atoms with Gasteiger partial charge in [-0.1, -0.05) is 18.2 Å². The molecule has 1 saturated carbocycles. The monoisotopic (exact) mass is 281 g/mol. The molecule has 1 atom stereocenters. The Labute approximate surface area is 119 Å². The Hall–Kier alpha value is -1.06. The van der Waals surface area contributed by atoms with E-state index < -0.39 is 0 Å². The van der Waals surface area contributed by atoms with Crippen LogP contribution in [0.25, 0.3) is 0 Å². The molecule has 1 aliphatic rings. The van der Waals surface area contributed by atoms with E-state index in [4.69, 9.17) is 16.3 Å². The second-order valence-electron chi connectivity index (χ2n) is 5.17. The summed E-state index contributed by atoms with van der Waals surface area (Å²) in [5, 5.41) is 2.82. The SMILES string of the molecule is COC1(CC(=O)Nc2ccccc2C(C)Cl)CCC1. The molecule has 1 aliphatic carbocycles. The van der Waals surface area contributed by atoms with Crippen LogP contribution in [0.3, 0.4) is 0 Å². The number of carbonyl (C=O) groups excluding carboxylic acids is 1. The van der Waals surface area contributed by atoms with Gasteiger partial charge < -0.3 is 10.1 Å². The molecule has 1 unspecified atom stereocenters. The second-order valence-corrected chi connectivity index (χ2v) is 5.82. The van der Waals surface area contributed by atoms with Crippen molar-refractivity contribution in [2.45, 2.75) is 43.6 Å². The van der Waals surface area contributed by atoms with Crippen molar-refractivity contribution in [1.82, 2.24) is 0 Å². The fourth-order valence-electron chi connectivity index (χ4n) is 2.47. The quantitative estimate of drug-likeness (QED) is 0.832. The topological polar surface area (TPSA) is 38.3 Å². The number of amides is 1. The molecule has 1 fully saturated rings. The van der Waals surface area contributed by atoms with Crippen LogP contribution < -0.4 is 5.32 Å². The molecule has 4 heteroatoms. The highest BCUT2D eigenvalue weighted by Gasteiger charge is 2.39. The molecule has 1 N–H and O–H groups in total. The summed E-state index contributed by atoms with van der Waals surface area (Å²) in [7, 11) is 1.68. The summed E-state index contributed by atoms with van der Waals surface area (Å²) in [4.78, 5) is 12.1. The number of para-hydroxylation sites is 1. The lowest BCUT2D eigenvalue weighted by atomic mass is 9.77. The van der Waals surface area contributed by atoms with Gasteiger partial charge in [0.15, 0.2) is 0 Å². The molecule has 19 heavy (non-hydrogen) atoms. The molecule has 0 aromatic heterocycles. The maximum atomic E-state index is 12.1. The highest BCUT2D eigenvalue weighted by molar-refractivity contribution is 6.21. The summed E-state index contributed by atoms with van der Waals surface area (Å²) in [5.41, 5.74) is 1.49. The fourth-order valence-corrected chi connectivity index (χ4v) is 2.66. The Kier molecular flexibility index (Phi) is 4.48. The van der Waals surface area contributed by atoms with Crippen LogP contribution in [0.5, 0.6) is 0 Å². The first-order chi connectivity index (χ1) is 9.06. The molecular formula is C15H20ClNO2. The predicted molar refractivity (Wildman–Crippen MR) is 77.5 cm³/mol. The van der Waals surface area contributed by atoms with E-state index in [0.29, 0.717) is 6.42 Å². The number of rotatable bonds is 5. The van der Waals surface area contributed by atoms with E-state index in [1.165, 1.54) is 0 Å². The van der Waals surface area contributed by atoms with Gasteiger partial charge in [0.1, 0.15) is 0 Å². The van der Waals surface area contributed by atoms with Crippen molar-refractivity contribution in [1.29, 1.82) is 0 Å². The first kappa shape index (κ1) is 14.4. The average Bonchev–Trinajstić information content (AvgIpc) is 2.34.